The van der Waals surface area contributed by atoms with Crippen LogP contribution < -0.4 is 15.8 Å². The molecule has 1 aromatic heterocycles. The molecular formula is C18H15N3O4. The molecule has 2 amide bonds. The van der Waals surface area contributed by atoms with Gasteiger partial charge in [-0.05, 0) is 24.3 Å². The Bertz CT molecular complexity index is 873. The normalized spacial score (nSPS) is 10.2. The van der Waals surface area contributed by atoms with Crippen LogP contribution in [-0.4, -0.2) is 23.6 Å². The van der Waals surface area contributed by atoms with Crippen molar-refractivity contribution in [2.24, 2.45) is 5.73 Å². The molecule has 0 spiro atoms. The summed E-state index contributed by atoms with van der Waals surface area (Å²) in [5.41, 5.74) is 6.58. The third kappa shape index (κ3) is 4.23. The molecule has 3 N–H and O–H groups in total. The van der Waals surface area contributed by atoms with Crippen LogP contribution in [0.4, 0.5) is 5.69 Å². The van der Waals surface area contributed by atoms with Gasteiger partial charge >= 0.3 is 0 Å². The number of nitrogens with two attached hydrogens (primary N) is 1. The smallest absolute Gasteiger partial charge is 0.277 e. The summed E-state index contributed by atoms with van der Waals surface area (Å²) >= 11 is 0. The van der Waals surface area contributed by atoms with Crippen LogP contribution in [0.1, 0.15) is 10.5 Å². The van der Waals surface area contributed by atoms with E-state index in [1.54, 1.807) is 30.3 Å². The highest BCUT2D eigenvalue weighted by atomic mass is 16.5. The van der Waals surface area contributed by atoms with Crippen molar-refractivity contribution < 1.29 is 18.8 Å². The largest absolute Gasteiger partial charge is 0.484 e. The van der Waals surface area contributed by atoms with Gasteiger partial charge in [0.2, 0.25) is 0 Å². The van der Waals surface area contributed by atoms with Crippen molar-refractivity contribution in [1.82, 2.24) is 5.16 Å². The highest BCUT2D eigenvalue weighted by Gasteiger charge is 2.14. The Morgan fingerprint density at radius 2 is 1.80 bits per heavy atom. The molecule has 1 heterocycles. The fraction of sp³-hybridized carbons (Fsp3) is 0.0556. The number of hydrogen-bond donors (Lipinski definition) is 2. The van der Waals surface area contributed by atoms with Gasteiger partial charge in [-0.3, -0.25) is 9.59 Å². The fourth-order valence-electron chi connectivity index (χ4n) is 2.10. The molecule has 126 valence electrons. The zero-order valence-electron chi connectivity index (χ0n) is 13.1. The van der Waals surface area contributed by atoms with Crippen LogP contribution in [-0.2, 0) is 4.79 Å². The summed E-state index contributed by atoms with van der Waals surface area (Å²) in [6.07, 6.45) is 0. The lowest BCUT2D eigenvalue weighted by atomic mass is 10.1. The minimum Gasteiger partial charge on any atom is -0.484 e. The molecule has 0 radical (unpaired) electrons. The van der Waals surface area contributed by atoms with E-state index in [1.807, 2.05) is 30.3 Å². The number of carbonyl (C=O) groups excluding carboxylic acids is 2. The van der Waals surface area contributed by atoms with E-state index >= 15 is 0 Å². The second-order valence-corrected chi connectivity index (χ2v) is 5.18. The Morgan fingerprint density at radius 3 is 2.48 bits per heavy atom. The number of carbonyl (C=O) groups is 2. The van der Waals surface area contributed by atoms with Gasteiger partial charge in [0.15, 0.2) is 18.1 Å². The predicted molar refractivity (Wildman–Crippen MR) is 91.0 cm³/mol. The van der Waals surface area contributed by atoms with E-state index in [0.717, 1.165) is 5.56 Å². The maximum Gasteiger partial charge on any atom is 0.277 e. The quantitative estimate of drug-likeness (QED) is 0.718. The maximum atomic E-state index is 12.2. The lowest BCUT2D eigenvalue weighted by Gasteiger charge is -2.06. The van der Waals surface area contributed by atoms with Crippen molar-refractivity contribution in [2.75, 3.05) is 11.9 Å². The first-order valence-electron chi connectivity index (χ1n) is 7.46. The lowest BCUT2D eigenvalue weighted by Crippen LogP contribution is -2.20. The van der Waals surface area contributed by atoms with Gasteiger partial charge in [0.25, 0.3) is 11.8 Å². The van der Waals surface area contributed by atoms with Gasteiger partial charge in [-0.15, -0.1) is 0 Å². The summed E-state index contributed by atoms with van der Waals surface area (Å²) in [6.45, 7) is -0.201. The molecule has 0 aliphatic rings. The Balaban J connectivity index is 1.64. The molecule has 0 saturated heterocycles. The van der Waals surface area contributed by atoms with Gasteiger partial charge in [0.05, 0.1) is 0 Å². The third-order valence-electron chi connectivity index (χ3n) is 3.29. The Morgan fingerprint density at radius 1 is 1.08 bits per heavy atom. The van der Waals surface area contributed by atoms with Crippen molar-refractivity contribution in [3.63, 3.8) is 0 Å². The average molecular weight is 337 g/mol. The summed E-state index contributed by atoms with van der Waals surface area (Å²) in [5, 5.41) is 6.50. The number of primary amides is 1. The van der Waals surface area contributed by atoms with Gasteiger partial charge in [0, 0.05) is 17.3 Å². The van der Waals surface area contributed by atoms with Crippen molar-refractivity contribution >= 4 is 17.5 Å². The molecule has 0 fully saturated rings. The number of benzene rings is 2. The number of anilines is 1. The van der Waals surface area contributed by atoms with Gasteiger partial charge < -0.3 is 20.3 Å². The average Bonchev–Trinajstić information content (AvgIpc) is 3.12. The minimum absolute atomic E-state index is 0.174. The van der Waals surface area contributed by atoms with Gasteiger partial charge in [-0.1, -0.05) is 35.5 Å². The van der Waals surface area contributed by atoms with E-state index in [4.69, 9.17) is 15.0 Å². The first kappa shape index (κ1) is 16.3. The van der Waals surface area contributed by atoms with Crippen LogP contribution in [0, 0.1) is 0 Å². The molecule has 3 aromatic rings. The van der Waals surface area contributed by atoms with E-state index in [1.165, 1.54) is 0 Å². The van der Waals surface area contributed by atoms with E-state index in [9.17, 15) is 9.59 Å². The van der Waals surface area contributed by atoms with E-state index in [2.05, 4.69) is 10.5 Å². The predicted octanol–water partition coefficient (Wildman–Crippen LogP) is 2.46. The van der Waals surface area contributed by atoms with Crippen molar-refractivity contribution in [2.45, 2.75) is 0 Å². The molecule has 7 nitrogen and oxygen atoms in total. The van der Waals surface area contributed by atoms with Crippen LogP contribution in [0.5, 0.6) is 5.75 Å². The molecule has 0 atom stereocenters. The van der Waals surface area contributed by atoms with Crippen molar-refractivity contribution in [1.29, 1.82) is 0 Å². The Kier molecular flexibility index (Phi) is 4.75. The number of nitrogens with zero attached hydrogens (tertiary/aromatic N) is 1. The number of amides is 2. The number of nitrogens with one attached hydrogen (secondary N) is 1. The van der Waals surface area contributed by atoms with Gasteiger partial charge in [-0.2, -0.15) is 0 Å². The van der Waals surface area contributed by atoms with E-state index in [-0.39, 0.29) is 12.3 Å². The van der Waals surface area contributed by atoms with Crippen LogP contribution >= 0.6 is 0 Å². The first-order valence-corrected chi connectivity index (χ1v) is 7.46. The zero-order chi connectivity index (χ0) is 17.6. The van der Waals surface area contributed by atoms with Crippen molar-refractivity contribution in [3.05, 3.63) is 66.4 Å². The van der Waals surface area contributed by atoms with Crippen LogP contribution in [0.3, 0.4) is 0 Å². The fourth-order valence-corrected chi connectivity index (χ4v) is 2.10. The number of rotatable bonds is 6. The highest BCUT2D eigenvalue weighted by molar-refractivity contribution is 6.03. The standard InChI is InChI=1S/C18H15N3O4/c19-17(22)11-24-14-8-6-13(7-9-14)20-18(23)15-10-16(25-21-15)12-4-2-1-3-5-12/h1-10H,11H2,(H2,19,22)(H,20,23). The van der Waals surface area contributed by atoms with Crippen LogP contribution in [0.25, 0.3) is 11.3 Å². The summed E-state index contributed by atoms with van der Waals surface area (Å²) in [7, 11) is 0. The zero-order valence-corrected chi connectivity index (χ0v) is 13.1. The summed E-state index contributed by atoms with van der Waals surface area (Å²) in [4.78, 5) is 22.9. The SMILES string of the molecule is NC(=O)COc1ccc(NC(=O)c2cc(-c3ccccc3)on2)cc1. The second-order valence-electron chi connectivity index (χ2n) is 5.18. The summed E-state index contributed by atoms with van der Waals surface area (Å²) in [5.74, 6) is 0.0416. The van der Waals surface area contributed by atoms with Gasteiger partial charge in [-0.25, -0.2) is 0 Å². The number of ether oxygens (including phenoxy) is 1. The molecule has 3 rings (SSSR count). The maximum absolute atomic E-state index is 12.2. The number of aromatic nitrogens is 1. The molecule has 25 heavy (non-hydrogen) atoms. The molecule has 0 unspecified atom stereocenters. The van der Waals surface area contributed by atoms with Gasteiger partial charge in [0.1, 0.15) is 5.75 Å². The monoisotopic (exact) mass is 337 g/mol. The number of hydrogen-bond acceptors (Lipinski definition) is 5. The summed E-state index contributed by atoms with van der Waals surface area (Å²) < 4.78 is 10.4. The lowest BCUT2D eigenvalue weighted by molar-refractivity contribution is -0.119. The minimum atomic E-state index is -0.558. The molecule has 0 saturated carbocycles. The second kappa shape index (κ2) is 7.31. The van der Waals surface area contributed by atoms with E-state index < -0.39 is 11.8 Å². The molecule has 0 bridgehead atoms. The Labute approximate surface area is 143 Å². The first-order chi connectivity index (χ1) is 12.1. The van der Waals surface area contributed by atoms with Crippen LogP contribution in [0.15, 0.2) is 65.2 Å². The van der Waals surface area contributed by atoms with Crippen LogP contribution in [0.2, 0.25) is 0 Å². The van der Waals surface area contributed by atoms with Crippen molar-refractivity contribution in [3.8, 4) is 17.1 Å². The highest BCUT2D eigenvalue weighted by Crippen LogP contribution is 2.21. The molecule has 2 aromatic carbocycles. The molecular weight excluding hydrogens is 322 g/mol. The molecule has 0 aliphatic carbocycles. The molecule has 7 heteroatoms. The Hall–Kier alpha value is -3.61. The summed E-state index contributed by atoms with van der Waals surface area (Å²) in [6, 6.07) is 17.5. The third-order valence-corrected chi connectivity index (χ3v) is 3.29. The topological polar surface area (TPSA) is 107 Å². The van der Waals surface area contributed by atoms with E-state index in [0.29, 0.717) is 17.2 Å². The molecule has 0 aliphatic heterocycles.